The molecule has 1 atom stereocenters. The zero-order chi connectivity index (χ0) is 17.5. The molecule has 1 aromatic carbocycles. The molecular weight excluding hydrogens is 356 g/mol. The largest absolute Gasteiger partial charge is 0.0654 e. The fourth-order valence-electron chi connectivity index (χ4n) is 3.58. The summed E-state index contributed by atoms with van der Waals surface area (Å²) in [5.74, 6) is 0.971. The van der Waals surface area contributed by atoms with Gasteiger partial charge in [0.1, 0.15) is 0 Å². The van der Waals surface area contributed by atoms with Crippen LogP contribution in [0, 0.1) is 5.92 Å². The zero-order valence-electron chi connectivity index (χ0n) is 16.2. The molecule has 0 aliphatic carbocycles. The Bertz CT molecular complexity index is 382. The Labute approximate surface area is 160 Å². The highest BCUT2D eigenvalue weighted by atomic mass is 79.9. The Morgan fingerprint density at radius 1 is 0.667 bits per heavy atom. The first-order valence-electron chi connectivity index (χ1n) is 10.5. The van der Waals surface area contributed by atoms with Gasteiger partial charge in [0.2, 0.25) is 0 Å². The molecule has 0 saturated heterocycles. The number of benzene rings is 1. The molecule has 1 heteroatoms. The van der Waals surface area contributed by atoms with Gasteiger partial charge in [-0.05, 0) is 36.5 Å². The average molecular weight is 395 g/mol. The summed E-state index contributed by atoms with van der Waals surface area (Å²) in [7, 11) is 0. The quantitative estimate of drug-likeness (QED) is 0.260. The third kappa shape index (κ3) is 11.3. The van der Waals surface area contributed by atoms with Gasteiger partial charge in [0.05, 0.1) is 0 Å². The molecule has 0 aliphatic heterocycles. The lowest BCUT2D eigenvalue weighted by molar-refractivity contribution is 0.373. The van der Waals surface area contributed by atoms with Gasteiger partial charge in [0.25, 0.3) is 0 Å². The van der Waals surface area contributed by atoms with Gasteiger partial charge in [0.15, 0.2) is 0 Å². The third-order valence-electron chi connectivity index (χ3n) is 5.17. The Morgan fingerprint density at radius 2 is 1.17 bits per heavy atom. The molecule has 0 bridgehead atoms. The lowest BCUT2D eigenvalue weighted by Crippen LogP contribution is -2.02. The highest BCUT2D eigenvalue weighted by Gasteiger charge is 2.09. The number of aryl methyl sites for hydroxylation is 1. The molecule has 0 aliphatic rings. The van der Waals surface area contributed by atoms with Crippen molar-refractivity contribution in [2.45, 2.75) is 104 Å². The summed E-state index contributed by atoms with van der Waals surface area (Å²) in [6, 6.07) is 8.88. The first kappa shape index (κ1) is 21.7. The number of hydrogen-bond donors (Lipinski definition) is 0. The molecule has 0 heterocycles. The summed E-state index contributed by atoms with van der Waals surface area (Å²) in [4.78, 5) is 0. The molecule has 0 spiro atoms. The maximum Gasteiger partial charge on any atom is 0.0175 e. The van der Waals surface area contributed by atoms with Crippen molar-refractivity contribution in [2.75, 3.05) is 0 Å². The van der Waals surface area contributed by atoms with Crippen molar-refractivity contribution < 1.29 is 0 Å². The van der Waals surface area contributed by atoms with E-state index in [1.54, 1.807) is 0 Å². The molecule has 24 heavy (non-hydrogen) atoms. The fraction of sp³-hybridized carbons (Fsp3) is 0.739. The molecule has 1 aromatic rings. The van der Waals surface area contributed by atoms with Crippen LogP contribution in [0.1, 0.15) is 103 Å². The van der Waals surface area contributed by atoms with E-state index in [0.29, 0.717) is 0 Å². The average Bonchev–Trinajstić information content (AvgIpc) is 2.59. The summed E-state index contributed by atoms with van der Waals surface area (Å²) in [6.45, 7) is 4.61. The molecular formula is C23H39Br. The topological polar surface area (TPSA) is 0 Å². The maximum atomic E-state index is 3.52. The molecule has 0 radical (unpaired) electrons. The van der Waals surface area contributed by atoms with E-state index in [1.165, 1.54) is 99.9 Å². The Kier molecular flexibility index (Phi) is 13.6. The Morgan fingerprint density at radius 3 is 1.75 bits per heavy atom. The smallest absolute Gasteiger partial charge is 0.0175 e. The van der Waals surface area contributed by atoms with Crippen molar-refractivity contribution in [1.29, 1.82) is 0 Å². The van der Waals surface area contributed by atoms with Gasteiger partial charge in [-0.25, -0.2) is 0 Å². The predicted molar refractivity (Wildman–Crippen MR) is 113 cm³/mol. The Hall–Kier alpha value is -0.300. The van der Waals surface area contributed by atoms with Crippen molar-refractivity contribution in [3.05, 3.63) is 34.3 Å². The van der Waals surface area contributed by atoms with E-state index in [9.17, 15) is 0 Å². The van der Waals surface area contributed by atoms with Crippen molar-refractivity contribution in [3.8, 4) is 0 Å². The minimum Gasteiger partial charge on any atom is -0.0654 e. The van der Waals surface area contributed by atoms with Gasteiger partial charge in [-0.3, -0.25) is 0 Å². The molecule has 0 N–H and O–H groups in total. The van der Waals surface area contributed by atoms with Gasteiger partial charge in [-0.15, -0.1) is 0 Å². The SMILES string of the molecule is CCCCCCCC(CCCCCC)CCCc1ccc(Br)cc1. The van der Waals surface area contributed by atoms with Crippen LogP contribution in [0.25, 0.3) is 0 Å². The van der Waals surface area contributed by atoms with E-state index in [2.05, 4.69) is 54.0 Å². The molecule has 138 valence electrons. The molecule has 0 aromatic heterocycles. The second-order valence-corrected chi connectivity index (χ2v) is 8.35. The van der Waals surface area contributed by atoms with Crippen molar-refractivity contribution in [3.63, 3.8) is 0 Å². The molecule has 1 unspecified atom stereocenters. The number of halogens is 1. The second kappa shape index (κ2) is 15.0. The number of unbranched alkanes of at least 4 members (excludes halogenated alkanes) is 7. The summed E-state index contributed by atoms with van der Waals surface area (Å²) in [5.41, 5.74) is 1.49. The predicted octanol–water partition coefficient (Wildman–Crippen LogP) is 8.72. The van der Waals surface area contributed by atoms with Crippen LogP contribution < -0.4 is 0 Å². The van der Waals surface area contributed by atoms with Crippen LogP contribution in [-0.2, 0) is 6.42 Å². The van der Waals surface area contributed by atoms with E-state index in [4.69, 9.17) is 0 Å². The van der Waals surface area contributed by atoms with E-state index in [-0.39, 0.29) is 0 Å². The van der Waals surface area contributed by atoms with Crippen molar-refractivity contribution in [2.24, 2.45) is 5.92 Å². The molecule has 0 nitrogen and oxygen atoms in total. The monoisotopic (exact) mass is 394 g/mol. The van der Waals surface area contributed by atoms with Crippen LogP contribution in [0.3, 0.4) is 0 Å². The first-order chi connectivity index (χ1) is 11.8. The number of hydrogen-bond acceptors (Lipinski definition) is 0. The van der Waals surface area contributed by atoms with Crippen molar-refractivity contribution in [1.82, 2.24) is 0 Å². The second-order valence-electron chi connectivity index (χ2n) is 7.44. The van der Waals surface area contributed by atoms with Crippen molar-refractivity contribution >= 4 is 15.9 Å². The van der Waals surface area contributed by atoms with Crippen LogP contribution >= 0.6 is 15.9 Å². The van der Waals surface area contributed by atoms with Crippen LogP contribution in [0.5, 0.6) is 0 Å². The van der Waals surface area contributed by atoms with Gasteiger partial charge in [0, 0.05) is 4.47 Å². The van der Waals surface area contributed by atoms with Gasteiger partial charge < -0.3 is 0 Å². The number of rotatable bonds is 15. The van der Waals surface area contributed by atoms with Gasteiger partial charge in [-0.2, -0.15) is 0 Å². The summed E-state index contributed by atoms with van der Waals surface area (Å²) < 4.78 is 1.19. The third-order valence-corrected chi connectivity index (χ3v) is 5.70. The summed E-state index contributed by atoms with van der Waals surface area (Å²) in [6.07, 6.45) is 19.7. The van der Waals surface area contributed by atoms with Crippen LogP contribution in [0.15, 0.2) is 28.7 Å². The van der Waals surface area contributed by atoms with Crippen LogP contribution in [-0.4, -0.2) is 0 Å². The van der Waals surface area contributed by atoms with E-state index >= 15 is 0 Å². The van der Waals surface area contributed by atoms with Crippen LogP contribution in [0.4, 0.5) is 0 Å². The minimum absolute atomic E-state index is 0.971. The highest BCUT2D eigenvalue weighted by Crippen LogP contribution is 2.24. The van der Waals surface area contributed by atoms with Gasteiger partial charge >= 0.3 is 0 Å². The van der Waals surface area contributed by atoms with E-state index < -0.39 is 0 Å². The zero-order valence-corrected chi connectivity index (χ0v) is 17.8. The Balaban J connectivity index is 2.26. The molecule has 1 rings (SSSR count). The maximum absolute atomic E-state index is 3.52. The van der Waals surface area contributed by atoms with Crippen LogP contribution in [0.2, 0.25) is 0 Å². The lowest BCUT2D eigenvalue weighted by Gasteiger charge is -2.17. The summed E-state index contributed by atoms with van der Waals surface area (Å²) in [5, 5.41) is 0. The highest BCUT2D eigenvalue weighted by molar-refractivity contribution is 9.10. The molecule has 0 saturated carbocycles. The lowest BCUT2D eigenvalue weighted by atomic mass is 9.89. The van der Waals surface area contributed by atoms with E-state index in [1.807, 2.05) is 0 Å². The minimum atomic E-state index is 0.971. The molecule has 0 fully saturated rings. The van der Waals surface area contributed by atoms with E-state index in [0.717, 1.165) is 5.92 Å². The molecule has 0 amide bonds. The standard InChI is InChI=1S/C23H39Br/c1-3-5-7-9-11-14-21(13-10-8-6-4-2)15-12-16-22-17-19-23(24)20-18-22/h17-21H,3-16H2,1-2H3. The summed E-state index contributed by atoms with van der Waals surface area (Å²) >= 11 is 3.52. The first-order valence-corrected chi connectivity index (χ1v) is 11.3. The normalized spacial score (nSPS) is 12.5. The fourth-order valence-corrected chi connectivity index (χ4v) is 3.84. The van der Waals surface area contributed by atoms with Gasteiger partial charge in [-0.1, -0.05) is 119 Å².